The maximum atomic E-state index is 13.2. The minimum atomic E-state index is -5.07. The number of halogens is 3. The van der Waals surface area contributed by atoms with Crippen molar-refractivity contribution in [2.45, 2.75) is 56.8 Å². The van der Waals surface area contributed by atoms with Crippen molar-refractivity contribution in [3.8, 4) is 11.8 Å². The van der Waals surface area contributed by atoms with E-state index in [1.54, 1.807) is 24.3 Å². The number of H-pyrrole nitrogens is 1. The lowest BCUT2D eigenvalue weighted by atomic mass is 10.2. The summed E-state index contributed by atoms with van der Waals surface area (Å²) in [5.41, 5.74) is -0.724. The zero-order chi connectivity index (χ0) is 36.3. The zero-order valence-electron chi connectivity index (χ0n) is 28.2. The number of aliphatic hydroxyl groups is 1. The monoisotopic (exact) mass is 709 g/mol. The Labute approximate surface area is 287 Å². The number of amides is 1. The van der Waals surface area contributed by atoms with Crippen molar-refractivity contribution >= 4 is 47.9 Å². The highest BCUT2D eigenvalue weighted by molar-refractivity contribution is 6.99. The van der Waals surface area contributed by atoms with E-state index in [9.17, 15) is 27.9 Å². The summed E-state index contributed by atoms with van der Waals surface area (Å²) in [7, 11) is 0.500. The average Bonchev–Trinajstić information content (AvgIpc) is 3.62. The van der Waals surface area contributed by atoms with E-state index in [0.29, 0.717) is 0 Å². The highest BCUT2D eigenvalue weighted by atomic mass is 28.4. The number of aromatic amines is 1. The van der Waals surface area contributed by atoms with Gasteiger partial charge in [0.15, 0.2) is 17.6 Å². The number of nitrogens with one attached hydrogen (secondary N) is 2. The number of nitrogens with zero attached hydrogens (tertiary/aromatic N) is 5. The van der Waals surface area contributed by atoms with Gasteiger partial charge < -0.3 is 24.5 Å². The smallest absolute Gasteiger partial charge is 0.405 e. The Hall–Kier alpha value is -4.82. The minimum absolute atomic E-state index is 0.0361. The van der Waals surface area contributed by atoms with Crippen LogP contribution in [0.1, 0.15) is 39.1 Å². The number of hydrogen-bond acceptors (Lipinski definition) is 8. The topological polar surface area (TPSA) is 147 Å². The Morgan fingerprint density at radius 3 is 2.34 bits per heavy atom. The van der Waals surface area contributed by atoms with E-state index in [1.807, 2.05) is 36.4 Å². The Balaban J connectivity index is 1.48. The molecule has 2 aromatic heterocycles. The van der Waals surface area contributed by atoms with Crippen molar-refractivity contribution in [3.63, 3.8) is 0 Å². The molecule has 4 aromatic rings. The first-order valence-corrected chi connectivity index (χ1v) is 17.7. The van der Waals surface area contributed by atoms with Crippen molar-refractivity contribution in [1.29, 1.82) is 0 Å². The van der Waals surface area contributed by atoms with Gasteiger partial charge >= 0.3 is 12.1 Å². The molecule has 0 saturated carbocycles. The third kappa shape index (κ3) is 7.65. The van der Waals surface area contributed by atoms with Gasteiger partial charge in [-0.25, -0.2) is 9.67 Å². The SMILES string of the molecule is CN(C)C=Nc1nc2c(c(C#CCNC(=O)C(F)(F)F)nn2[C@H]2C[C@@H](O)[C@@H](CO[Si](c3ccccc3)(c3ccccc3)C(C)(C)C)O2)c(=O)[nH]1. The highest BCUT2D eigenvalue weighted by Gasteiger charge is 2.51. The quantitative estimate of drug-likeness (QED) is 0.104. The van der Waals surface area contributed by atoms with Gasteiger partial charge in [0.1, 0.15) is 11.5 Å². The Morgan fingerprint density at radius 1 is 1.16 bits per heavy atom. The van der Waals surface area contributed by atoms with Crippen molar-refractivity contribution < 1.29 is 32.2 Å². The van der Waals surface area contributed by atoms with Crippen LogP contribution >= 0.6 is 0 Å². The summed E-state index contributed by atoms with van der Waals surface area (Å²) >= 11 is 0. The van der Waals surface area contributed by atoms with Gasteiger partial charge in [0.2, 0.25) is 5.95 Å². The maximum Gasteiger partial charge on any atom is 0.471 e. The standard InChI is InChI=1S/C34H38F3N7O5Si/c1-33(2,3)50(22-13-8-6-9-14-22,23-15-10-7-11-16-23)48-20-26-25(45)19-27(49-26)44-29-28(30(46)41-32(40-29)39-21-43(4)5)24(42-44)17-12-18-38-31(47)34(35,36)37/h6-11,13-16,21,25-27,45H,18-20H2,1-5H3,(H,38,47)(H,40,41,46)/t25-,26-,27-/m1/s1. The first-order chi connectivity index (χ1) is 23.6. The van der Waals surface area contributed by atoms with E-state index in [2.05, 4.69) is 76.9 Å². The first kappa shape index (κ1) is 36.5. The van der Waals surface area contributed by atoms with Crippen LogP contribution in [-0.4, -0.2) is 95.9 Å². The number of fused-ring (bicyclic) bond motifs is 1. The fourth-order valence-corrected chi connectivity index (χ4v) is 10.5. The van der Waals surface area contributed by atoms with Crippen LogP contribution < -0.4 is 21.2 Å². The van der Waals surface area contributed by atoms with Crippen LogP contribution in [0.15, 0.2) is 70.5 Å². The lowest BCUT2D eigenvalue weighted by Crippen LogP contribution is -2.67. The summed E-state index contributed by atoms with van der Waals surface area (Å²) in [6.45, 7) is 5.81. The Bertz CT molecular complexity index is 1930. The average molecular weight is 710 g/mol. The molecule has 3 N–H and O–H groups in total. The molecule has 0 spiro atoms. The number of carbonyl (C=O) groups is 1. The van der Waals surface area contributed by atoms with Crippen molar-refractivity contribution in [2.24, 2.45) is 4.99 Å². The van der Waals surface area contributed by atoms with E-state index in [0.717, 1.165) is 10.4 Å². The molecule has 1 fully saturated rings. The van der Waals surface area contributed by atoms with Crippen LogP contribution in [0.25, 0.3) is 11.0 Å². The second kappa shape index (κ2) is 14.6. The summed E-state index contributed by atoms with van der Waals surface area (Å²) in [6.07, 6.45) is -6.27. The number of benzene rings is 2. The molecule has 50 heavy (non-hydrogen) atoms. The lowest BCUT2D eigenvalue weighted by molar-refractivity contribution is -0.173. The molecule has 0 unspecified atom stereocenters. The molecule has 1 aliphatic heterocycles. The van der Waals surface area contributed by atoms with Crippen LogP contribution in [0.5, 0.6) is 0 Å². The van der Waals surface area contributed by atoms with Crippen LogP contribution in [0, 0.1) is 11.8 Å². The third-order valence-electron chi connectivity index (χ3n) is 8.12. The molecule has 264 valence electrons. The summed E-state index contributed by atoms with van der Waals surface area (Å²) in [5.74, 6) is 2.77. The zero-order valence-corrected chi connectivity index (χ0v) is 29.2. The molecule has 1 aliphatic rings. The molecule has 1 saturated heterocycles. The fourth-order valence-electron chi connectivity index (χ4n) is 5.89. The molecule has 0 bridgehead atoms. The van der Waals surface area contributed by atoms with E-state index in [1.165, 1.54) is 11.0 Å². The van der Waals surface area contributed by atoms with Gasteiger partial charge in [-0.2, -0.15) is 23.3 Å². The summed E-state index contributed by atoms with van der Waals surface area (Å²) in [4.78, 5) is 37.3. The number of aliphatic hydroxyl groups excluding tert-OH is 1. The normalized spacial score (nSPS) is 18.3. The predicted molar refractivity (Wildman–Crippen MR) is 184 cm³/mol. The van der Waals surface area contributed by atoms with E-state index >= 15 is 0 Å². The molecular formula is C34H38F3N7O5Si. The van der Waals surface area contributed by atoms with Gasteiger partial charge in [-0.15, -0.1) is 0 Å². The largest absolute Gasteiger partial charge is 0.471 e. The van der Waals surface area contributed by atoms with E-state index < -0.39 is 50.9 Å². The van der Waals surface area contributed by atoms with E-state index in [4.69, 9.17) is 9.16 Å². The minimum Gasteiger partial charge on any atom is -0.405 e. The van der Waals surface area contributed by atoms with Crippen molar-refractivity contribution in [3.05, 3.63) is 76.7 Å². The number of aliphatic imine (C=N–C) groups is 1. The van der Waals surface area contributed by atoms with Gasteiger partial charge in [-0.3, -0.25) is 14.6 Å². The number of aromatic nitrogens is 4. The number of alkyl halides is 3. The van der Waals surface area contributed by atoms with Crippen LogP contribution in [0.2, 0.25) is 5.04 Å². The lowest BCUT2D eigenvalue weighted by Gasteiger charge is -2.43. The maximum absolute atomic E-state index is 13.2. The number of hydrogen-bond donors (Lipinski definition) is 3. The molecule has 5 rings (SSSR count). The summed E-state index contributed by atoms with van der Waals surface area (Å²) in [6, 6.07) is 20.1. The molecule has 2 aromatic carbocycles. The molecule has 16 heteroatoms. The Morgan fingerprint density at radius 2 is 1.78 bits per heavy atom. The summed E-state index contributed by atoms with van der Waals surface area (Å²) < 4.78 is 52.5. The third-order valence-corrected chi connectivity index (χ3v) is 13.1. The van der Waals surface area contributed by atoms with E-state index in [-0.39, 0.29) is 40.7 Å². The molecular weight excluding hydrogens is 671 g/mol. The van der Waals surface area contributed by atoms with Gasteiger partial charge in [-0.05, 0) is 21.3 Å². The van der Waals surface area contributed by atoms with Gasteiger partial charge in [0.25, 0.3) is 13.9 Å². The van der Waals surface area contributed by atoms with Gasteiger partial charge in [0.05, 0.1) is 25.6 Å². The van der Waals surface area contributed by atoms with Crippen LogP contribution in [0.4, 0.5) is 19.1 Å². The second-order valence-corrected chi connectivity index (χ2v) is 17.3. The second-order valence-electron chi connectivity index (χ2n) is 13.0. The molecule has 0 aliphatic carbocycles. The molecule has 1 amide bonds. The number of carbonyl (C=O) groups excluding carboxylic acids is 1. The first-order valence-electron chi connectivity index (χ1n) is 15.8. The van der Waals surface area contributed by atoms with Crippen LogP contribution in [-0.2, 0) is 14.0 Å². The molecule has 12 nitrogen and oxygen atoms in total. The Kier molecular flexibility index (Phi) is 10.6. The molecule has 3 atom stereocenters. The predicted octanol–water partition coefficient (Wildman–Crippen LogP) is 2.60. The van der Waals surface area contributed by atoms with Gasteiger partial charge in [-0.1, -0.05) is 87.4 Å². The van der Waals surface area contributed by atoms with Crippen molar-refractivity contribution in [1.82, 2.24) is 30.0 Å². The number of ether oxygens (including phenoxy) is 1. The van der Waals surface area contributed by atoms with Crippen molar-refractivity contribution in [2.75, 3.05) is 27.2 Å². The molecule has 3 heterocycles. The number of rotatable bonds is 9. The van der Waals surface area contributed by atoms with Crippen LogP contribution in [0.3, 0.4) is 0 Å². The summed E-state index contributed by atoms with van der Waals surface area (Å²) in [5, 5.41) is 19.1. The van der Waals surface area contributed by atoms with Gasteiger partial charge in [0, 0.05) is 20.5 Å². The molecule has 0 radical (unpaired) electrons. The fraction of sp³-hybridized carbons (Fsp3) is 0.382. The highest BCUT2D eigenvalue weighted by Crippen LogP contribution is 2.38.